The molecule has 0 N–H and O–H groups in total. The van der Waals surface area contributed by atoms with E-state index < -0.39 is 0 Å². The molecule has 0 radical (unpaired) electrons. The number of carbonyl (C=O) groups is 2. The first kappa shape index (κ1) is 21.4. The SMILES string of the molecule is CN(C(=O)c1ccsc1)[C@H](Cc1ccccc1)C1CCN(C(=O)[C@H]2C[C@@H]3C=C[C@H]2C3)CC1. The average Bonchev–Trinajstić information content (AvgIpc) is 3.61. The van der Waals surface area contributed by atoms with E-state index in [1.807, 2.05) is 34.8 Å². The minimum atomic E-state index is 0.0967. The van der Waals surface area contributed by atoms with Crippen LogP contribution in [0.2, 0.25) is 0 Å². The number of thiophene rings is 1. The van der Waals surface area contributed by atoms with E-state index in [1.165, 1.54) is 12.0 Å². The molecule has 2 heterocycles. The van der Waals surface area contributed by atoms with Crippen LogP contribution >= 0.6 is 11.3 Å². The maximum Gasteiger partial charge on any atom is 0.254 e. The summed E-state index contributed by atoms with van der Waals surface area (Å²) in [4.78, 5) is 30.4. The van der Waals surface area contributed by atoms with E-state index in [0.29, 0.717) is 23.7 Å². The smallest absolute Gasteiger partial charge is 0.254 e. The quantitative estimate of drug-likeness (QED) is 0.591. The van der Waals surface area contributed by atoms with Gasteiger partial charge in [0.05, 0.1) is 5.56 Å². The summed E-state index contributed by atoms with van der Waals surface area (Å²) in [5.74, 6) is 2.14. The summed E-state index contributed by atoms with van der Waals surface area (Å²) < 4.78 is 0. The van der Waals surface area contributed by atoms with Crippen molar-refractivity contribution in [1.29, 1.82) is 0 Å². The van der Waals surface area contributed by atoms with E-state index in [4.69, 9.17) is 0 Å². The summed E-state index contributed by atoms with van der Waals surface area (Å²) in [7, 11) is 1.95. The maximum atomic E-state index is 13.2. The van der Waals surface area contributed by atoms with Crippen molar-refractivity contribution in [1.82, 2.24) is 9.80 Å². The van der Waals surface area contributed by atoms with Gasteiger partial charge in [-0.1, -0.05) is 42.5 Å². The lowest BCUT2D eigenvalue weighted by atomic mass is 9.84. The number of hydrogen-bond acceptors (Lipinski definition) is 3. The lowest BCUT2D eigenvalue weighted by molar-refractivity contribution is -0.138. The molecule has 1 saturated heterocycles. The number of nitrogens with zero attached hydrogens (tertiary/aromatic N) is 2. The Morgan fingerprint density at radius 3 is 2.50 bits per heavy atom. The highest BCUT2D eigenvalue weighted by Crippen LogP contribution is 2.44. The van der Waals surface area contributed by atoms with Crippen LogP contribution in [0.25, 0.3) is 0 Å². The molecule has 5 rings (SSSR count). The summed E-state index contributed by atoms with van der Waals surface area (Å²) in [5, 5.41) is 3.89. The van der Waals surface area contributed by atoms with Crippen LogP contribution < -0.4 is 0 Å². The Morgan fingerprint density at radius 1 is 1.09 bits per heavy atom. The van der Waals surface area contributed by atoms with E-state index in [9.17, 15) is 9.59 Å². The molecule has 2 fully saturated rings. The van der Waals surface area contributed by atoms with Crippen LogP contribution in [0.15, 0.2) is 59.3 Å². The van der Waals surface area contributed by atoms with E-state index in [1.54, 1.807) is 11.3 Å². The van der Waals surface area contributed by atoms with Gasteiger partial charge >= 0.3 is 0 Å². The second kappa shape index (κ2) is 9.22. The van der Waals surface area contributed by atoms with Gasteiger partial charge in [-0.25, -0.2) is 0 Å². The largest absolute Gasteiger partial charge is 0.342 e. The molecule has 0 unspecified atom stereocenters. The number of piperidine rings is 1. The third-order valence-corrected chi connectivity index (χ3v) is 8.55. The fraction of sp³-hybridized carbons (Fsp3) is 0.481. The Morgan fingerprint density at radius 2 is 1.88 bits per heavy atom. The monoisotopic (exact) mass is 448 g/mol. The predicted molar refractivity (Wildman–Crippen MR) is 128 cm³/mol. The Labute approximate surface area is 194 Å². The van der Waals surface area contributed by atoms with E-state index in [0.717, 1.165) is 44.3 Å². The molecule has 5 heteroatoms. The molecule has 1 aromatic heterocycles. The number of amides is 2. The third kappa shape index (κ3) is 4.27. The van der Waals surface area contributed by atoms with Gasteiger partial charge in [0, 0.05) is 37.5 Å². The van der Waals surface area contributed by atoms with Crippen molar-refractivity contribution in [2.75, 3.05) is 20.1 Å². The molecule has 1 aliphatic heterocycles. The molecule has 2 aromatic rings. The van der Waals surface area contributed by atoms with Crippen LogP contribution in [-0.2, 0) is 11.2 Å². The number of likely N-dealkylation sites (N-methyl/N-ethyl adjacent to an activating group) is 1. The lowest BCUT2D eigenvalue weighted by Gasteiger charge is -2.41. The van der Waals surface area contributed by atoms with Gasteiger partial charge in [0.15, 0.2) is 0 Å². The van der Waals surface area contributed by atoms with Crippen molar-refractivity contribution in [3.05, 3.63) is 70.4 Å². The van der Waals surface area contributed by atoms with E-state index >= 15 is 0 Å². The summed E-state index contributed by atoms with van der Waals surface area (Å²) in [5.41, 5.74) is 2.03. The van der Waals surface area contributed by atoms with Gasteiger partial charge in [-0.05, 0) is 66.9 Å². The number of hydrogen-bond donors (Lipinski definition) is 0. The minimum absolute atomic E-state index is 0.0967. The van der Waals surface area contributed by atoms with Crippen LogP contribution in [-0.4, -0.2) is 47.8 Å². The van der Waals surface area contributed by atoms with Crippen LogP contribution in [0.3, 0.4) is 0 Å². The molecule has 168 valence electrons. The maximum absolute atomic E-state index is 13.2. The molecular formula is C27H32N2O2S. The number of benzene rings is 1. The van der Waals surface area contributed by atoms with Crippen LogP contribution in [0.5, 0.6) is 0 Å². The van der Waals surface area contributed by atoms with Crippen molar-refractivity contribution in [2.45, 2.75) is 38.1 Å². The predicted octanol–water partition coefficient (Wildman–Crippen LogP) is 4.88. The van der Waals surface area contributed by atoms with Gasteiger partial charge in [0.25, 0.3) is 5.91 Å². The van der Waals surface area contributed by atoms with Crippen LogP contribution in [0.4, 0.5) is 0 Å². The average molecular weight is 449 g/mol. The fourth-order valence-corrected chi connectivity index (χ4v) is 6.65. The standard InChI is InChI=1S/C27H32N2O2S/c1-28(26(30)23-11-14-32-18-23)25(17-19-5-3-2-4-6-19)21-9-12-29(13-10-21)27(31)24-16-20-7-8-22(24)15-20/h2-8,11,14,18,20-22,24-25H,9-10,12-13,15-17H2,1H3/t20-,22+,24+,25-/m1/s1. The van der Waals surface area contributed by atoms with Crippen molar-refractivity contribution in [3.8, 4) is 0 Å². The Balaban J connectivity index is 1.27. The van der Waals surface area contributed by atoms with Gasteiger partial charge < -0.3 is 9.80 Å². The zero-order valence-electron chi connectivity index (χ0n) is 18.7. The highest BCUT2D eigenvalue weighted by Gasteiger charge is 2.42. The molecule has 4 nitrogen and oxygen atoms in total. The second-order valence-corrected chi connectivity index (χ2v) is 10.5. The first-order valence-corrected chi connectivity index (χ1v) is 12.8. The van der Waals surface area contributed by atoms with Gasteiger partial charge in [0.1, 0.15) is 0 Å². The molecule has 0 spiro atoms. The summed E-state index contributed by atoms with van der Waals surface area (Å²) in [6.45, 7) is 1.62. The summed E-state index contributed by atoms with van der Waals surface area (Å²) in [6, 6.07) is 12.5. The molecule has 32 heavy (non-hydrogen) atoms. The first-order chi connectivity index (χ1) is 15.6. The van der Waals surface area contributed by atoms with Crippen molar-refractivity contribution < 1.29 is 9.59 Å². The summed E-state index contributed by atoms with van der Waals surface area (Å²) in [6.07, 6.45) is 9.54. The molecule has 4 atom stereocenters. The zero-order valence-corrected chi connectivity index (χ0v) is 19.5. The van der Waals surface area contributed by atoms with Gasteiger partial charge in [0.2, 0.25) is 5.91 Å². The Bertz CT molecular complexity index is 963. The molecule has 1 saturated carbocycles. The molecule has 2 aliphatic carbocycles. The fourth-order valence-electron chi connectivity index (χ4n) is 6.02. The Hall–Kier alpha value is -2.40. The van der Waals surface area contributed by atoms with Crippen LogP contribution in [0.1, 0.15) is 41.6 Å². The molecule has 3 aliphatic rings. The summed E-state index contributed by atoms with van der Waals surface area (Å²) >= 11 is 1.56. The molecular weight excluding hydrogens is 416 g/mol. The van der Waals surface area contributed by atoms with Crippen LogP contribution in [0, 0.1) is 23.7 Å². The highest BCUT2D eigenvalue weighted by atomic mass is 32.1. The van der Waals surface area contributed by atoms with Crippen molar-refractivity contribution in [3.63, 3.8) is 0 Å². The topological polar surface area (TPSA) is 40.6 Å². The van der Waals surface area contributed by atoms with E-state index in [2.05, 4.69) is 41.3 Å². The zero-order chi connectivity index (χ0) is 22.1. The highest BCUT2D eigenvalue weighted by molar-refractivity contribution is 7.08. The van der Waals surface area contributed by atoms with Gasteiger partial charge in [-0.2, -0.15) is 11.3 Å². The normalized spacial score (nSPS) is 25.8. The number of rotatable bonds is 6. The second-order valence-electron chi connectivity index (χ2n) is 9.73. The van der Waals surface area contributed by atoms with Crippen molar-refractivity contribution >= 4 is 23.2 Å². The number of likely N-dealkylation sites (tertiary alicyclic amines) is 1. The van der Waals surface area contributed by atoms with Gasteiger partial charge in [-0.3, -0.25) is 9.59 Å². The van der Waals surface area contributed by atoms with Crippen molar-refractivity contribution in [2.24, 2.45) is 23.7 Å². The number of fused-ring (bicyclic) bond motifs is 2. The molecule has 2 amide bonds. The molecule has 2 bridgehead atoms. The third-order valence-electron chi connectivity index (χ3n) is 7.87. The number of allylic oxidation sites excluding steroid dienone is 2. The Kier molecular flexibility index (Phi) is 6.18. The number of carbonyl (C=O) groups excluding carboxylic acids is 2. The molecule has 1 aromatic carbocycles. The lowest BCUT2D eigenvalue weighted by Crippen LogP contribution is -2.49. The van der Waals surface area contributed by atoms with Gasteiger partial charge in [-0.15, -0.1) is 0 Å². The first-order valence-electron chi connectivity index (χ1n) is 11.9. The minimum Gasteiger partial charge on any atom is -0.342 e. The van der Waals surface area contributed by atoms with E-state index in [-0.39, 0.29) is 17.9 Å².